The summed E-state index contributed by atoms with van der Waals surface area (Å²) in [5.41, 5.74) is 6.95. The summed E-state index contributed by atoms with van der Waals surface area (Å²) in [7, 11) is 4.67. The maximum atomic E-state index is 12.0. The molecule has 2 rings (SSSR count). The van der Waals surface area contributed by atoms with Crippen molar-refractivity contribution in [3.05, 3.63) is 42.1 Å². The highest BCUT2D eigenvalue weighted by Gasteiger charge is 2.14. The van der Waals surface area contributed by atoms with Gasteiger partial charge < -0.3 is 30.6 Å². The molecule has 2 aromatic rings. The zero-order valence-electron chi connectivity index (χ0n) is 17.7. The van der Waals surface area contributed by atoms with Crippen molar-refractivity contribution in [2.45, 2.75) is 19.3 Å². The number of nitrogens with two attached hydrogens (primary N) is 1. The van der Waals surface area contributed by atoms with Crippen LogP contribution in [0.4, 0.5) is 11.5 Å². The molecule has 0 aliphatic heterocycles. The fourth-order valence-corrected chi connectivity index (χ4v) is 2.83. The number of ether oxygens (including phenoxy) is 3. The topological polar surface area (TPSA) is 108 Å². The summed E-state index contributed by atoms with van der Waals surface area (Å²) in [5, 5.41) is 6.11. The van der Waals surface area contributed by atoms with E-state index in [9.17, 15) is 4.79 Å². The number of rotatable bonds is 12. The number of unbranched alkanes of at least 4 members (excludes halogenated alkanes) is 2. The van der Waals surface area contributed by atoms with Crippen LogP contribution in [0, 0.1) is 0 Å². The minimum Gasteiger partial charge on any atom is -0.493 e. The van der Waals surface area contributed by atoms with Crippen LogP contribution in [0.5, 0.6) is 17.2 Å². The van der Waals surface area contributed by atoms with Crippen LogP contribution in [0.2, 0.25) is 0 Å². The highest BCUT2D eigenvalue weighted by atomic mass is 16.5. The molecule has 8 heteroatoms. The Balaban J connectivity index is 2.11. The fourth-order valence-electron chi connectivity index (χ4n) is 2.83. The lowest BCUT2D eigenvalue weighted by Gasteiger charge is -2.15. The molecular formula is C22H30N4O4. The van der Waals surface area contributed by atoms with Gasteiger partial charge in [0.2, 0.25) is 11.7 Å². The predicted octanol–water partition coefficient (Wildman–Crippen LogP) is 3.11. The van der Waals surface area contributed by atoms with Crippen molar-refractivity contribution < 1.29 is 19.0 Å². The van der Waals surface area contributed by atoms with Crippen LogP contribution in [0.3, 0.4) is 0 Å². The van der Waals surface area contributed by atoms with E-state index < -0.39 is 0 Å². The van der Waals surface area contributed by atoms with E-state index in [1.165, 1.54) is 6.08 Å². The molecule has 0 aliphatic rings. The molecule has 1 aromatic carbocycles. The number of pyridine rings is 1. The molecule has 0 bridgehead atoms. The van der Waals surface area contributed by atoms with Crippen molar-refractivity contribution in [3.63, 3.8) is 0 Å². The van der Waals surface area contributed by atoms with Crippen LogP contribution in [-0.2, 0) is 4.79 Å². The average Bonchev–Trinajstić information content (AvgIpc) is 2.77. The molecule has 30 heavy (non-hydrogen) atoms. The second-order valence-electron chi connectivity index (χ2n) is 6.45. The highest BCUT2D eigenvalue weighted by molar-refractivity contribution is 5.92. The normalized spacial score (nSPS) is 10.7. The zero-order chi connectivity index (χ0) is 21.8. The van der Waals surface area contributed by atoms with E-state index in [1.807, 2.05) is 12.1 Å². The summed E-state index contributed by atoms with van der Waals surface area (Å²) >= 11 is 0. The number of amides is 1. The van der Waals surface area contributed by atoms with E-state index >= 15 is 0 Å². The monoisotopic (exact) mass is 414 g/mol. The fraction of sp³-hybridized carbons (Fsp3) is 0.364. The molecule has 0 spiro atoms. The molecule has 162 valence electrons. The first-order valence-electron chi connectivity index (χ1n) is 9.81. The number of hydrogen-bond donors (Lipinski definition) is 3. The van der Waals surface area contributed by atoms with Crippen LogP contribution in [0.15, 0.2) is 36.5 Å². The van der Waals surface area contributed by atoms with E-state index in [0.29, 0.717) is 41.8 Å². The van der Waals surface area contributed by atoms with Gasteiger partial charge in [-0.15, -0.1) is 0 Å². The Morgan fingerprint density at radius 2 is 1.83 bits per heavy atom. The summed E-state index contributed by atoms with van der Waals surface area (Å²) in [6, 6.07) is 7.26. The molecule has 4 N–H and O–H groups in total. The summed E-state index contributed by atoms with van der Waals surface area (Å²) in [6.07, 6.45) is 7.79. The van der Waals surface area contributed by atoms with Crippen molar-refractivity contribution in [1.29, 1.82) is 0 Å². The molecule has 1 amide bonds. The lowest BCUT2D eigenvalue weighted by Crippen LogP contribution is -2.22. The smallest absolute Gasteiger partial charge is 0.244 e. The number of methoxy groups -OCH3 is 3. The molecule has 1 heterocycles. The highest BCUT2D eigenvalue weighted by Crippen LogP contribution is 2.40. The van der Waals surface area contributed by atoms with Gasteiger partial charge in [-0.05, 0) is 37.6 Å². The van der Waals surface area contributed by atoms with E-state index in [0.717, 1.165) is 24.8 Å². The molecule has 0 aliphatic carbocycles. The van der Waals surface area contributed by atoms with Crippen LogP contribution >= 0.6 is 0 Å². The predicted molar refractivity (Wildman–Crippen MR) is 119 cm³/mol. The van der Waals surface area contributed by atoms with Gasteiger partial charge in [0.15, 0.2) is 11.5 Å². The first-order chi connectivity index (χ1) is 14.6. The summed E-state index contributed by atoms with van der Waals surface area (Å²) < 4.78 is 16.1. The number of nitrogens with one attached hydrogen (secondary N) is 2. The van der Waals surface area contributed by atoms with E-state index in [-0.39, 0.29) is 5.91 Å². The second-order valence-corrected chi connectivity index (χ2v) is 6.45. The molecule has 1 aromatic heterocycles. The summed E-state index contributed by atoms with van der Waals surface area (Å²) in [4.78, 5) is 16.4. The Kier molecular flexibility index (Phi) is 9.47. The number of aromatic nitrogens is 1. The number of carbonyl (C=O) groups excluding carboxylic acids is 1. The first kappa shape index (κ1) is 23.0. The third kappa shape index (κ3) is 6.66. The Morgan fingerprint density at radius 1 is 1.10 bits per heavy atom. The lowest BCUT2D eigenvalue weighted by atomic mass is 10.2. The molecule has 8 nitrogen and oxygen atoms in total. The molecule has 0 saturated carbocycles. The molecule has 0 atom stereocenters. The van der Waals surface area contributed by atoms with Crippen molar-refractivity contribution in [3.8, 4) is 17.2 Å². The lowest BCUT2D eigenvalue weighted by molar-refractivity contribution is -0.116. The summed E-state index contributed by atoms with van der Waals surface area (Å²) in [5.74, 6) is 2.02. The number of anilines is 2. The third-order valence-corrected chi connectivity index (χ3v) is 4.36. The Hall–Kier alpha value is -3.26. The van der Waals surface area contributed by atoms with E-state index in [4.69, 9.17) is 19.9 Å². The third-order valence-electron chi connectivity index (χ3n) is 4.36. The maximum absolute atomic E-state index is 12.0. The molecule has 0 unspecified atom stereocenters. The van der Waals surface area contributed by atoms with Gasteiger partial charge in [-0.2, -0.15) is 0 Å². The van der Waals surface area contributed by atoms with Gasteiger partial charge >= 0.3 is 0 Å². The average molecular weight is 415 g/mol. The number of hydrogen-bond acceptors (Lipinski definition) is 7. The number of nitrogens with zero attached hydrogens (tertiary/aromatic N) is 1. The van der Waals surface area contributed by atoms with Crippen molar-refractivity contribution >= 4 is 23.5 Å². The van der Waals surface area contributed by atoms with Crippen LogP contribution in [0.1, 0.15) is 24.8 Å². The van der Waals surface area contributed by atoms with Crippen molar-refractivity contribution in [1.82, 2.24) is 10.3 Å². The quantitative estimate of drug-likeness (QED) is 0.362. The van der Waals surface area contributed by atoms with Crippen LogP contribution in [0.25, 0.3) is 6.08 Å². The number of benzene rings is 1. The van der Waals surface area contributed by atoms with Crippen molar-refractivity contribution in [2.24, 2.45) is 5.73 Å². The number of carbonyl (C=O) groups is 1. The largest absolute Gasteiger partial charge is 0.493 e. The van der Waals surface area contributed by atoms with Gasteiger partial charge in [-0.3, -0.25) is 4.79 Å². The van der Waals surface area contributed by atoms with Crippen LogP contribution in [-0.4, -0.2) is 45.3 Å². The molecule has 0 fully saturated rings. The van der Waals surface area contributed by atoms with Gasteiger partial charge in [0.05, 0.1) is 21.3 Å². The van der Waals surface area contributed by atoms with Crippen LogP contribution < -0.4 is 30.6 Å². The minimum atomic E-state index is -0.148. The van der Waals surface area contributed by atoms with Crippen molar-refractivity contribution in [2.75, 3.05) is 39.7 Å². The Morgan fingerprint density at radius 3 is 2.47 bits per heavy atom. The molecular weight excluding hydrogens is 384 g/mol. The second kappa shape index (κ2) is 12.3. The van der Waals surface area contributed by atoms with Gasteiger partial charge in [0.1, 0.15) is 5.82 Å². The van der Waals surface area contributed by atoms with Gasteiger partial charge in [-0.25, -0.2) is 4.98 Å². The Labute approximate surface area is 177 Å². The summed E-state index contributed by atoms with van der Waals surface area (Å²) in [6.45, 7) is 1.31. The minimum absolute atomic E-state index is 0.148. The first-order valence-corrected chi connectivity index (χ1v) is 9.81. The van der Waals surface area contributed by atoms with E-state index in [2.05, 4.69) is 15.6 Å². The van der Waals surface area contributed by atoms with E-state index in [1.54, 1.807) is 45.7 Å². The van der Waals surface area contributed by atoms with Gasteiger partial charge in [0.25, 0.3) is 0 Å². The zero-order valence-corrected chi connectivity index (χ0v) is 17.7. The Bertz CT molecular complexity index is 830. The molecule has 0 radical (unpaired) electrons. The standard InChI is InChI=1S/C22H30N4O4/c1-28-18-14-17(15-19(29-2)21(18)30-3)26-22-16(8-7-13-25-22)9-10-20(27)24-12-6-4-5-11-23/h7-10,13-15H,4-6,11-12,23H2,1-3H3,(H,24,27)(H,25,26)/b10-9+. The van der Waals surface area contributed by atoms with Gasteiger partial charge in [0, 0.05) is 42.2 Å². The van der Waals surface area contributed by atoms with Gasteiger partial charge in [-0.1, -0.05) is 6.42 Å². The SMILES string of the molecule is COc1cc(Nc2ncccc2/C=C/C(=O)NCCCCCN)cc(OC)c1OC. The maximum Gasteiger partial charge on any atom is 0.244 e. The molecule has 0 saturated heterocycles.